The molecule has 0 unspecified atom stereocenters. The molecule has 0 fully saturated rings. The van der Waals surface area contributed by atoms with Crippen LogP contribution in [0.4, 0.5) is 0 Å². The number of carbonyl (C=O) groups excluding carboxylic acids is 1. The van der Waals surface area contributed by atoms with Crippen LogP contribution < -0.4 is 4.74 Å². The lowest BCUT2D eigenvalue weighted by Crippen LogP contribution is -2.00. The average Bonchev–Trinajstić information content (AvgIpc) is 3.11. The smallest absolute Gasteiger partial charge is 0.337 e. The third-order valence-electron chi connectivity index (χ3n) is 3.49. The van der Waals surface area contributed by atoms with Gasteiger partial charge in [-0.2, -0.15) is 0 Å². The summed E-state index contributed by atoms with van der Waals surface area (Å²) in [5.41, 5.74) is 3.00. The second-order valence-electron chi connectivity index (χ2n) is 4.87. The second kappa shape index (κ2) is 6.36. The van der Waals surface area contributed by atoms with Crippen LogP contribution in [0.2, 0.25) is 0 Å². The van der Waals surface area contributed by atoms with Crippen LogP contribution in [0.3, 0.4) is 0 Å². The number of aromatic nitrogens is 1. The monoisotopic (exact) mass is 309 g/mol. The van der Waals surface area contributed by atoms with Crippen molar-refractivity contribution in [1.29, 1.82) is 0 Å². The number of rotatable bonds is 4. The summed E-state index contributed by atoms with van der Waals surface area (Å²) in [4.78, 5) is 11.4. The lowest BCUT2D eigenvalue weighted by Gasteiger charge is -2.00. The van der Waals surface area contributed by atoms with E-state index >= 15 is 0 Å². The quantitative estimate of drug-likeness (QED) is 0.686. The van der Waals surface area contributed by atoms with Crippen LogP contribution in [0, 0.1) is 0 Å². The normalized spacial score (nSPS) is 10.3. The van der Waals surface area contributed by atoms with Crippen molar-refractivity contribution in [2.45, 2.75) is 0 Å². The summed E-state index contributed by atoms with van der Waals surface area (Å²) in [6.07, 6.45) is 0. The molecule has 0 radical (unpaired) electrons. The Balaban J connectivity index is 1.84. The van der Waals surface area contributed by atoms with Crippen LogP contribution in [-0.4, -0.2) is 25.3 Å². The fraction of sp³-hybridized carbons (Fsp3) is 0.111. The lowest BCUT2D eigenvalue weighted by atomic mass is 10.1. The van der Waals surface area contributed by atoms with Gasteiger partial charge in [0.1, 0.15) is 11.4 Å². The molecule has 0 atom stereocenters. The van der Waals surface area contributed by atoms with E-state index in [2.05, 4.69) is 9.89 Å². The largest absolute Gasteiger partial charge is 0.497 e. The van der Waals surface area contributed by atoms with Gasteiger partial charge in [-0.3, -0.25) is 0 Å². The summed E-state index contributed by atoms with van der Waals surface area (Å²) < 4.78 is 15.2. The summed E-state index contributed by atoms with van der Waals surface area (Å²) in [7, 11) is 2.98. The molecule has 0 saturated carbocycles. The maximum absolute atomic E-state index is 11.4. The number of hydrogen-bond acceptors (Lipinski definition) is 5. The minimum atomic E-state index is -0.368. The van der Waals surface area contributed by atoms with Crippen LogP contribution in [0.15, 0.2) is 59.1 Å². The molecular weight excluding hydrogens is 294 g/mol. The van der Waals surface area contributed by atoms with Crippen molar-refractivity contribution in [2.24, 2.45) is 0 Å². The predicted molar refractivity (Wildman–Crippen MR) is 85.3 cm³/mol. The highest BCUT2D eigenvalue weighted by Crippen LogP contribution is 2.27. The number of nitrogens with zero attached hydrogens (tertiary/aromatic N) is 1. The molecule has 2 aromatic carbocycles. The van der Waals surface area contributed by atoms with Gasteiger partial charge < -0.3 is 14.0 Å². The summed E-state index contributed by atoms with van der Waals surface area (Å²) >= 11 is 0. The Bertz CT molecular complexity index is 804. The highest BCUT2D eigenvalue weighted by Gasteiger charge is 2.10. The fourth-order valence-corrected chi connectivity index (χ4v) is 2.20. The Labute approximate surface area is 133 Å². The van der Waals surface area contributed by atoms with Crippen LogP contribution in [-0.2, 0) is 4.74 Å². The maximum Gasteiger partial charge on any atom is 0.337 e. The van der Waals surface area contributed by atoms with Crippen molar-refractivity contribution >= 4 is 5.97 Å². The molecule has 3 rings (SSSR count). The minimum Gasteiger partial charge on any atom is -0.497 e. The molecule has 0 aliphatic carbocycles. The zero-order chi connectivity index (χ0) is 16.2. The number of hydrogen-bond donors (Lipinski definition) is 0. The lowest BCUT2D eigenvalue weighted by molar-refractivity contribution is 0.0601. The molecule has 0 spiro atoms. The molecular formula is C18H15NO4. The first-order valence-corrected chi connectivity index (χ1v) is 7.01. The first-order valence-electron chi connectivity index (χ1n) is 7.01. The Hall–Kier alpha value is -3.08. The number of methoxy groups -OCH3 is 2. The van der Waals surface area contributed by atoms with E-state index in [-0.39, 0.29) is 5.97 Å². The molecule has 0 aliphatic heterocycles. The number of carbonyl (C=O) groups is 1. The molecule has 5 nitrogen and oxygen atoms in total. The highest BCUT2D eigenvalue weighted by atomic mass is 16.5. The Kier molecular flexibility index (Phi) is 4.10. The average molecular weight is 309 g/mol. The molecule has 0 bridgehead atoms. The molecule has 0 saturated heterocycles. The number of benzene rings is 2. The summed E-state index contributed by atoms with van der Waals surface area (Å²) in [6, 6.07) is 16.4. The highest BCUT2D eigenvalue weighted by molar-refractivity contribution is 5.89. The van der Waals surface area contributed by atoms with Gasteiger partial charge in [0.2, 0.25) is 0 Å². The number of esters is 1. The van der Waals surface area contributed by atoms with Gasteiger partial charge in [-0.05, 0) is 36.4 Å². The first-order chi connectivity index (χ1) is 11.2. The van der Waals surface area contributed by atoms with Crippen molar-refractivity contribution in [3.05, 3.63) is 60.2 Å². The van der Waals surface area contributed by atoms with Gasteiger partial charge in [0.25, 0.3) is 0 Å². The van der Waals surface area contributed by atoms with E-state index in [1.54, 1.807) is 31.4 Å². The third-order valence-corrected chi connectivity index (χ3v) is 3.49. The van der Waals surface area contributed by atoms with E-state index in [0.717, 1.165) is 22.6 Å². The van der Waals surface area contributed by atoms with Crippen molar-refractivity contribution in [3.63, 3.8) is 0 Å². The van der Waals surface area contributed by atoms with Crippen LogP contribution in [0.25, 0.3) is 22.6 Å². The topological polar surface area (TPSA) is 61.6 Å². The van der Waals surface area contributed by atoms with Crippen LogP contribution >= 0.6 is 0 Å². The zero-order valence-electron chi connectivity index (χ0n) is 12.8. The van der Waals surface area contributed by atoms with Gasteiger partial charge in [0, 0.05) is 17.2 Å². The SMILES string of the molecule is COC(=O)c1ccc(-c2cc(-c3ccc(OC)cc3)no2)cc1. The summed E-state index contributed by atoms with van der Waals surface area (Å²) in [5.74, 6) is 1.05. The number of ether oxygens (including phenoxy) is 2. The standard InChI is InChI=1S/C18H15NO4/c1-21-15-9-7-12(8-10-15)16-11-17(23-19-16)13-3-5-14(6-4-13)18(20)22-2/h3-11H,1-2H3. The molecule has 23 heavy (non-hydrogen) atoms. The predicted octanol–water partition coefficient (Wildman–Crippen LogP) is 3.80. The van der Waals surface area contributed by atoms with Gasteiger partial charge in [-0.1, -0.05) is 17.3 Å². The van der Waals surface area contributed by atoms with Gasteiger partial charge >= 0.3 is 5.97 Å². The Morgan fingerprint density at radius 3 is 2.22 bits per heavy atom. The van der Waals surface area contributed by atoms with Gasteiger partial charge in [-0.15, -0.1) is 0 Å². The molecule has 0 N–H and O–H groups in total. The molecule has 3 aromatic rings. The first kappa shape index (κ1) is 14.8. The molecule has 1 heterocycles. The van der Waals surface area contributed by atoms with E-state index in [9.17, 15) is 4.79 Å². The second-order valence-corrected chi connectivity index (χ2v) is 4.87. The molecule has 116 valence electrons. The molecule has 5 heteroatoms. The fourth-order valence-electron chi connectivity index (χ4n) is 2.20. The Morgan fingerprint density at radius 2 is 1.61 bits per heavy atom. The van der Waals surface area contributed by atoms with Crippen molar-refractivity contribution in [1.82, 2.24) is 5.16 Å². The van der Waals surface area contributed by atoms with E-state index in [0.29, 0.717) is 11.3 Å². The summed E-state index contributed by atoms with van der Waals surface area (Å²) in [6.45, 7) is 0. The summed E-state index contributed by atoms with van der Waals surface area (Å²) in [5, 5.41) is 4.08. The third kappa shape index (κ3) is 3.08. The van der Waals surface area contributed by atoms with E-state index in [1.807, 2.05) is 30.3 Å². The van der Waals surface area contributed by atoms with Crippen molar-refractivity contribution < 1.29 is 18.8 Å². The van der Waals surface area contributed by atoms with Gasteiger partial charge in [-0.25, -0.2) is 4.79 Å². The Morgan fingerprint density at radius 1 is 0.957 bits per heavy atom. The van der Waals surface area contributed by atoms with E-state index < -0.39 is 0 Å². The molecule has 1 aromatic heterocycles. The van der Waals surface area contributed by atoms with Crippen molar-refractivity contribution in [3.8, 4) is 28.3 Å². The van der Waals surface area contributed by atoms with E-state index in [1.165, 1.54) is 7.11 Å². The van der Waals surface area contributed by atoms with Gasteiger partial charge in [0.15, 0.2) is 5.76 Å². The van der Waals surface area contributed by atoms with Crippen LogP contribution in [0.1, 0.15) is 10.4 Å². The van der Waals surface area contributed by atoms with E-state index in [4.69, 9.17) is 9.26 Å². The maximum atomic E-state index is 11.4. The zero-order valence-corrected chi connectivity index (χ0v) is 12.8. The van der Waals surface area contributed by atoms with Gasteiger partial charge in [0.05, 0.1) is 19.8 Å². The minimum absolute atomic E-state index is 0.368. The van der Waals surface area contributed by atoms with Crippen LogP contribution in [0.5, 0.6) is 5.75 Å². The molecule has 0 amide bonds. The van der Waals surface area contributed by atoms with Crippen molar-refractivity contribution in [2.75, 3.05) is 14.2 Å². The molecule has 0 aliphatic rings.